The fraction of sp³-hybridized carbons (Fsp3) is 0.368. The number of aryl methyl sites for hydroxylation is 1. The second-order valence-corrected chi connectivity index (χ2v) is 5.94. The number of likely N-dealkylation sites (N-methyl/N-ethyl adjacent to an activating group) is 1. The van der Waals surface area contributed by atoms with E-state index in [0.717, 1.165) is 13.1 Å². The molecule has 2 aromatic rings. The Labute approximate surface area is 127 Å². The molecule has 2 heteroatoms. The molecule has 21 heavy (non-hydrogen) atoms. The average Bonchev–Trinajstić information content (AvgIpc) is 2.88. The molecule has 0 bridgehead atoms. The molecule has 0 saturated carbocycles. The van der Waals surface area contributed by atoms with E-state index < -0.39 is 0 Å². The third-order valence-corrected chi connectivity index (χ3v) is 4.26. The van der Waals surface area contributed by atoms with E-state index in [-0.39, 0.29) is 0 Å². The number of anilines is 2. The van der Waals surface area contributed by atoms with Crippen molar-refractivity contribution in [3.63, 3.8) is 0 Å². The van der Waals surface area contributed by atoms with E-state index in [1.807, 2.05) is 0 Å². The van der Waals surface area contributed by atoms with Crippen LogP contribution in [0.2, 0.25) is 0 Å². The van der Waals surface area contributed by atoms with Gasteiger partial charge in [0.25, 0.3) is 0 Å². The van der Waals surface area contributed by atoms with Gasteiger partial charge in [0.15, 0.2) is 0 Å². The standard InChI is InChI=1S/C19H24N2/c1-3-4-15-5-8-18(9-6-15)20-14-16-7-10-19-17(13-16)11-12-21(19)2/h5-10,13,20H,3-4,11-12,14H2,1-2H3. The fourth-order valence-corrected chi connectivity index (χ4v) is 3.01. The SMILES string of the molecule is CCCc1ccc(NCc2ccc3c(c2)CCN3C)cc1. The molecule has 0 aliphatic carbocycles. The summed E-state index contributed by atoms with van der Waals surface area (Å²) in [5.74, 6) is 0. The van der Waals surface area contributed by atoms with Gasteiger partial charge in [-0.25, -0.2) is 0 Å². The molecule has 3 rings (SSSR count). The summed E-state index contributed by atoms with van der Waals surface area (Å²) in [6, 6.07) is 15.7. The van der Waals surface area contributed by atoms with Crippen LogP contribution in [-0.4, -0.2) is 13.6 Å². The van der Waals surface area contributed by atoms with Crippen molar-refractivity contribution in [1.29, 1.82) is 0 Å². The lowest BCUT2D eigenvalue weighted by atomic mass is 10.1. The lowest BCUT2D eigenvalue weighted by molar-refractivity contribution is 0.922. The molecule has 0 aromatic heterocycles. The molecule has 0 spiro atoms. The van der Waals surface area contributed by atoms with Gasteiger partial charge >= 0.3 is 0 Å². The van der Waals surface area contributed by atoms with Gasteiger partial charge in [-0.3, -0.25) is 0 Å². The highest BCUT2D eigenvalue weighted by Gasteiger charge is 2.15. The van der Waals surface area contributed by atoms with Crippen molar-refractivity contribution in [3.05, 3.63) is 59.2 Å². The van der Waals surface area contributed by atoms with Gasteiger partial charge in [-0.15, -0.1) is 0 Å². The molecule has 1 aliphatic rings. The molecule has 0 atom stereocenters. The van der Waals surface area contributed by atoms with Crippen LogP contribution >= 0.6 is 0 Å². The maximum Gasteiger partial charge on any atom is 0.0400 e. The monoisotopic (exact) mass is 280 g/mol. The van der Waals surface area contributed by atoms with Gasteiger partial charge in [-0.2, -0.15) is 0 Å². The minimum Gasteiger partial charge on any atom is -0.381 e. The highest BCUT2D eigenvalue weighted by molar-refractivity contribution is 5.58. The van der Waals surface area contributed by atoms with Crippen molar-refractivity contribution in [2.45, 2.75) is 32.7 Å². The number of nitrogens with zero attached hydrogens (tertiary/aromatic N) is 1. The Kier molecular flexibility index (Phi) is 4.14. The van der Waals surface area contributed by atoms with E-state index in [2.05, 4.69) is 66.7 Å². The van der Waals surface area contributed by atoms with Crippen molar-refractivity contribution in [3.8, 4) is 0 Å². The van der Waals surface area contributed by atoms with Crippen molar-refractivity contribution < 1.29 is 0 Å². The lowest BCUT2D eigenvalue weighted by Gasteiger charge is -2.13. The summed E-state index contributed by atoms with van der Waals surface area (Å²) in [6.45, 7) is 4.26. The van der Waals surface area contributed by atoms with Crippen LogP contribution in [0.25, 0.3) is 0 Å². The zero-order valence-electron chi connectivity index (χ0n) is 13.0. The molecular weight excluding hydrogens is 256 g/mol. The van der Waals surface area contributed by atoms with Crippen LogP contribution in [-0.2, 0) is 19.4 Å². The molecule has 0 saturated heterocycles. The molecule has 0 fully saturated rings. The van der Waals surface area contributed by atoms with Crippen molar-refractivity contribution in [1.82, 2.24) is 0 Å². The van der Waals surface area contributed by atoms with Crippen LogP contribution in [0.4, 0.5) is 11.4 Å². The van der Waals surface area contributed by atoms with Gasteiger partial charge in [-0.05, 0) is 47.7 Å². The first-order valence-electron chi connectivity index (χ1n) is 7.92. The van der Waals surface area contributed by atoms with Gasteiger partial charge < -0.3 is 10.2 Å². The summed E-state index contributed by atoms with van der Waals surface area (Å²) in [6.07, 6.45) is 3.54. The molecule has 0 unspecified atom stereocenters. The predicted molar refractivity (Wildman–Crippen MR) is 91.2 cm³/mol. The number of fused-ring (bicyclic) bond motifs is 1. The van der Waals surface area contributed by atoms with E-state index in [0.29, 0.717) is 0 Å². The summed E-state index contributed by atoms with van der Waals surface area (Å²) in [5, 5.41) is 3.52. The van der Waals surface area contributed by atoms with Crippen LogP contribution in [0.5, 0.6) is 0 Å². The normalized spacial score (nSPS) is 13.3. The van der Waals surface area contributed by atoms with E-state index >= 15 is 0 Å². The molecule has 0 amide bonds. The van der Waals surface area contributed by atoms with Crippen LogP contribution in [0.3, 0.4) is 0 Å². The first kappa shape index (κ1) is 14.0. The Balaban J connectivity index is 1.62. The molecular formula is C19H24N2. The van der Waals surface area contributed by atoms with Gasteiger partial charge in [0.05, 0.1) is 0 Å². The van der Waals surface area contributed by atoms with Gasteiger partial charge in [-0.1, -0.05) is 37.6 Å². The second-order valence-electron chi connectivity index (χ2n) is 5.94. The summed E-state index contributed by atoms with van der Waals surface area (Å²) in [5.41, 5.74) is 6.86. The summed E-state index contributed by atoms with van der Waals surface area (Å²) < 4.78 is 0. The van der Waals surface area contributed by atoms with E-state index in [1.165, 1.54) is 47.3 Å². The summed E-state index contributed by atoms with van der Waals surface area (Å²) in [7, 11) is 2.17. The Hall–Kier alpha value is -1.96. The summed E-state index contributed by atoms with van der Waals surface area (Å²) in [4.78, 5) is 2.33. The number of hydrogen-bond acceptors (Lipinski definition) is 2. The van der Waals surface area contributed by atoms with Gasteiger partial charge in [0, 0.05) is 31.5 Å². The maximum atomic E-state index is 3.52. The minimum atomic E-state index is 0.893. The quantitative estimate of drug-likeness (QED) is 0.881. The maximum absolute atomic E-state index is 3.52. The van der Waals surface area contributed by atoms with Gasteiger partial charge in [0.2, 0.25) is 0 Å². The van der Waals surface area contributed by atoms with Crippen molar-refractivity contribution in [2.75, 3.05) is 23.8 Å². The van der Waals surface area contributed by atoms with Crippen LogP contribution < -0.4 is 10.2 Å². The zero-order valence-corrected chi connectivity index (χ0v) is 13.0. The highest BCUT2D eigenvalue weighted by atomic mass is 15.1. The number of nitrogens with one attached hydrogen (secondary N) is 1. The van der Waals surface area contributed by atoms with Crippen LogP contribution in [0.1, 0.15) is 30.0 Å². The molecule has 1 heterocycles. The van der Waals surface area contributed by atoms with E-state index in [4.69, 9.17) is 0 Å². The van der Waals surface area contributed by atoms with E-state index in [9.17, 15) is 0 Å². The zero-order chi connectivity index (χ0) is 14.7. The molecule has 1 N–H and O–H groups in total. The van der Waals surface area contributed by atoms with Crippen LogP contribution in [0.15, 0.2) is 42.5 Å². The second kappa shape index (κ2) is 6.21. The third-order valence-electron chi connectivity index (χ3n) is 4.26. The predicted octanol–water partition coefficient (Wildman–Crippen LogP) is 4.24. The fourth-order valence-electron chi connectivity index (χ4n) is 3.01. The average molecular weight is 280 g/mol. The van der Waals surface area contributed by atoms with Gasteiger partial charge in [0.1, 0.15) is 0 Å². The Morgan fingerprint density at radius 2 is 1.81 bits per heavy atom. The first-order chi connectivity index (χ1) is 10.3. The number of benzene rings is 2. The molecule has 2 nitrogen and oxygen atoms in total. The number of rotatable bonds is 5. The van der Waals surface area contributed by atoms with Crippen molar-refractivity contribution in [2.24, 2.45) is 0 Å². The molecule has 2 aromatic carbocycles. The van der Waals surface area contributed by atoms with Crippen molar-refractivity contribution >= 4 is 11.4 Å². The Morgan fingerprint density at radius 3 is 2.57 bits per heavy atom. The first-order valence-corrected chi connectivity index (χ1v) is 7.92. The largest absolute Gasteiger partial charge is 0.381 e. The topological polar surface area (TPSA) is 15.3 Å². The Bertz CT molecular complexity index is 601. The molecule has 1 aliphatic heterocycles. The molecule has 110 valence electrons. The Morgan fingerprint density at radius 1 is 1.05 bits per heavy atom. The van der Waals surface area contributed by atoms with E-state index in [1.54, 1.807) is 0 Å². The lowest BCUT2D eigenvalue weighted by Crippen LogP contribution is -2.12. The number of hydrogen-bond donors (Lipinski definition) is 1. The highest BCUT2D eigenvalue weighted by Crippen LogP contribution is 2.27. The summed E-state index contributed by atoms with van der Waals surface area (Å²) >= 11 is 0. The third kappa shape index (κ3) is 3.21. The molecule has 0 radical (unpaired) electrons. The van der Waals surface area contributed by atoms with Crippen LogP contribution in [0, 0.1) is 0 Å². The minimum absolute atomic E-state index is 0.893. The smallest absolute Gasteiger partial charge is 0.0400 e.